The molecule has 0 saturated carbocycles. The highest BCUT2D eigenvalue weighted by Crippen LogP contribution is 2.25. The van der Waals surface area contributed by atoms with Gasteiger partial charge in [-0.1, -0.05) is 23.7 Å². The molecule has 0 bridgehead atoms. The minimum atomic E-state index is -1.10. The highest BCUT2D eigenvalue weighted by atomic mass is 35.5. The SMILES string of the molecule is NC(=O)c1[nH]c(-c2ccc(OCC(=O)O)cc2)nc1NC(=O)Nc1ccccc1Cl. The number of carboxylic acid groups (broad SMARTS) is 1. The van der Waals surface area contributed by atoms with Crippen molar-refractivity contribution in [3.05, 3.63) is 59.2 Å². The fourth-order valence-electron chi connectivity index (χ4n) is 2.46. The molecule has 0 saturated heterocycles. The molecular weight excluding hydrogens is 414 g/mol. The van der Waals surface area contributed by atoms with Gasteiger partial charge in [-0.2, -0.15) is 0 Å². The van der Waals surface area contributed by atoms with Crippen molar-refractivity contribution in [2.45, 2.75) is 0 Å². The number of carbonyl (C=O) groups is 3. The first kappa shape index (κ1) is 20.7. The first-order chi connectivity index (χ1) is 14.3. The average Bonchev–Trinajstić information content (AvgIpc) is 3.12. The summed E-state index contributed by atoms with van der Waals surface area (Å²) < 4.78 is 5.06. The molecule has 0 aliphatic carbocycles. The Morgan fingerprint density at radius 3 is 2.43 bits per heavy atom. The number of primary amides is 1. The molecule has 10 nitrogen and oxygen atoms in total. The summed E-state index contributed by atoms with van der Waals surface area (Å²) in [4.78, 5) is 41.5. The number of anilines is 2. The summed E-state index contributed by atoms with van der Waals surface area (Å²) in [6.07, 6.45) is 0. The lowest BCUT2D eigenvalue weighted by Crippen LogP contribution is -2.22. The second-order valence-electron chi connectivity index (χ2n) is 5.94. The van der Waals surface area contributed by atoms with E-state index >= 15 is 0 Å². The molecule has 3 aromatic rings. The number of nitrogens with zero attached hydrogens (tertiary/aromatic N) is 1. The Kier molecular flexibility index (Phi) is 6.18. The molecule has 3 rings (SSSR count). The molecule has 0 radical (unpaired) electrons. The Morgan fingerprint density at radius 1 is 1.10 bits per heavy atom. The van der Waals surface area contributed by atoms with E-state index in [2.05, 4.69) is 20.6 Å². The van der Waals surface area contributed by atoms with Crippen molar-refractivity contribution in [3.8, 4) is 17.1 Å². The minimum absolute atomic E-state index is 0.0618. The fourth-order valence-corrected chi connectivity index (χ4v) is 2.64. The van der Waals surface area contributed by atoms with Gasteiger partial charge in [-0.3, -0.25) is 10.1 Å². The summed E-state index contributed by atoms with van der Waals surface area (Å²) in [5, 5.41) is 14.0. The van der Waals surface area contributed by atoms with Gasteiger partial charge in [0.2, 0.25) is 0 Å². The van der Waals surface area contributed by atoms with E-state index in [1.165, 1.54) is 0 Å². The Balaban J connectivity index is 1.78. The van der Waals surface area contributed by atoms with Gasteiger partial charge >= 0.3 is 12.0 Å². The monoisotopic (exact) mass is 429 g/mol. The maximum absolute atomic E-state index is 12.3. The van der Waals surface area contributed by atoms with Crippen molar-refractivity contribution in [1.29, 1.82) is 0 Å². The average molecular weight is 430 g/mol. The molecule has 6 N–H and O–H groups in total. The highest BCUT2D eigenvalue weighted by molar-refractivity contribution is 6.33. The Labute approximate surface area is 175 Å². The van der Waals surface area contributed by atoms with Crippen molar-refractivity contribution < 1.29 is 24.2 Å². The number of hydrogen-bond acceptors (Lipinski definition) is 5. The van der Waals surface area contributed by atoms with Gasteiger partial charge in [0.05, 0.1) is 10.7 Å². The second-order valence-corrected chi connectivity index (χ2v) is 6.35. The predicted molar refractivity (Wildman–Crippen MR) is 110 cm³/mol. The van der Waals surface area contributed by atoms with Crippen LogP contribution in [0.5, 0.6) is 5.75 Å². The fraction of sp³-hybridized carbons (Fsp3) is 0.0526. The summed E-state index contributed by atoms with van der Waals surface area (Å²) in [5.41, 5.74) is 6.21. The zero-order valence-corrected chi connectivity index (χ0v) is 16.1. The van der Waals surface area contributed by atoms with E-state index in [0.29, 0.717) is 22.0 Å². The zero-order chi connectivity index (χ0) is 21.7. The van der Waals surface area contributed by atoms with Crippen LogP contribution in [0.15, 0.2) is 48.5 Å². The van der Waals surface area contributed by atoms with Crippen LogP contribution in [0.1, 0.15) is 10.5 Å². The van der Waals surface area contributed by atoms with Gasteiger partial charge in [0.15, 0.2) is 12.4 Å². The molecule has 0 aliphatic heterocycles. The lowest BCUT2D eigenvalue weighted by molar-refractivity contribution is -0.139. The first-order valence-corrected chi connectivity index (χ1v) is 8.88. The smallest absolute Gasteiger partial charge is 0.341 e. The van der Waals surface area contributed by atoms with Crippen LogP contribution in [0.25, 0.3) is 11.4 Å². The van der Waals surface area contributed by atoms with Crippen LogP contribution in [-0.4, -0.2) is 39.6 Å². The predicted octanol–water partition coefficient (Wildman–Crippen LogP) is 2.94. The van der Waals surface area contributed by atoms with E-state index in [9.17, 15) is 14.4 Å². The van der Waals surface area contributed by atoms with Gasteiger partial charge in [0.1, 0.15) is 17.3 Å². The summed E-state index contributed by atoms with van der Waals surface area (Å²) in [7, 11) is 0. The molecule has 0 aliphatic rings. The number of aromatic nitrogens is 2. The topological polar surface area (TPSA) is 159 Å². The third-order valence-electron chi connectivity index (χ3n) is 3.79. The standard InChI is InChI=1S/C19H16ClN5O5/c20-12-3-1-2-4-13(12)22-19(29)25-18-15(16(21)28)23-17(24-18)10-5-7-11(8-6-10)30-9-14(26)27/h1-8H,9H2,(H2,21,28)(H,23,24)(H,26,27)(H2,22,25,29). The maximum Gasteiger partial charge on any atom is 0.341 e. The quantitative estimate of drug-likeness (QED) is 0.388. The molecule has 0 unspecified atom stereocenters. The van der Waals surface area contributed by atoms with Crippen LogP contribution in [0, 0.1) is 0 Å². The number of rotatable bonds is 7. The van der Waals surface area contributed by atoms with Crippen molar-refractivity contribution in [2.75, 3.05) is 17.2 Å². The van der Waals surface area contributed by atoms with Crippen molar-refractivity contribution in [3.63, 3.8) is 0 Å². The number of halogens is 1. The van der Waals surface area contributed by atoms with Gasteiger partial charge in [0, 0.05) is 5.56 Å². The summed E-state index contributed by atoms with van der Waals surface area (Å²) in [5.74, 6) is -1.36. The molecule has 3 amide bonds. The first-order valence-electron chi connectivity index (χ1n) is 8.51. The van der Waals surface area contributed by atoms with Crippen molar-refractivity contribution in [1.82, 2.24) is 9.97 Å². The number of hydrogen-bond donors (Lipinski definition) is 5. The Morgan fingerprint density at radius 2 is 1.80 bits per heavy atom. The molecule has 1 heterocycles. The van der Waals surface area contributed by atoms with Gasteiger partial charge in [-0.05, 0) is 36.4 Å². The van der Waals surface area contributed by atoms with Gasteiger partial charge < -0.3 is 25.9 Å². The summed E-state index contributed by atoms with van der Waals surface area (Å²) in [6, 6.07) is 12.3. The van der Waals surface area contributed by atoms with Crippen molar-refractivity contribution >= 4 is 41.0 Å². The van der Waals surface area contributed by atoms with Crippen LogP contribution >= 0.6 is 11.6 Å². The lowest BCUT2D eigenvalue weighted by Gasteiger charge is -2.07. The lowest BCUT2D eigenvalue weighted by atomic mass is 10.2. The van der Waals surface area contributed by atoms with Crippen LogP contribution in [0.2, 0.25) is 5.02 Å². The third kappa shape index (κ3) is 5.06. The number of benzene rings is 2. The number of para-hydroxylation sites is 1. The molecule has 2 aromatic carbocycles. The number of nitrogens with one attached hydrogen (secondary N) is 3. The third-order valence-corrected chi connectivity index (χ3v) is 4.12. The van der Waals surface area contributed by atoms with Crippen LogP contribution < -0.4 is 21.1 Å². The number of amides is 3. The number of ether oxygens (including phenoxy) is 1. The van der Waals surface area contributed by atoms with E-state index in [4.69, 9.17) is 27.2 Å². The number of H-pyrrole nitrogens is 1. The van der Waals surface area contributed by atoms with Gasteiger partial charge in [0.25, 0.3) is 5.91 Å². The summed E-state index contributed by atoms with van der Waals surface area (Å²) in [6.45, 7) is -0.472. The van der Waals surface area contributed by atoms with E-state index < -0.39 is 24.5 Å². The number of urea groups is 1. The van der Waals surface area contributed by atoms with Crippen LogP contribution in [0.4, 0.5) is 16.3 Å². The molecular formula is C19H16ClN5O5. The molecule has 1 aromatic heterocycles. The van der Waals surface area contributed by atoms with E-state index in [1.54, 1.807) is 48.5 Å². The van der Waals surface area contributed by atoms with Crippen molar-refractivity contribution in [2.24, 2.45) is 5.73 Å². The zero-order valence-electron chi connectivity index (χ0n) is 15.3. The Bertz CT molecular complexity index is 1100. The van der Waals surface area contributed by atoms with E-state index in [-0.39, 0.29) is 17.3 Å². The Hall–Kier alpha value is -4.05. The number of aliphatic carboxylic acids is 1. The minimum Gasteiger partial charge on any atom is -0.482 e. The molecule has 30 heavy (non-hydrogen) atoms. The molecule has 0 atom stereocenters. The highest BCUT2D eigenvalue weighted by Gasteiger charge is 2.18. The summed E-state index contributed by atoms with van der Waals surface area (Å²) >= 11 is 6.01. The normalized spacial score (nSPS) is 10.3. The largest absolute Gasteiger partial charge is 0.482 e. The molecule has 11 heteroatoms. The van der Waals surface area contributed by atoms with E-state index in [0.717, 1.165) is 0 Å². The molecule has 0 spiro atoms. The maximum atomic E-state index is 12.3. The van der Waals surface area contributed by atoms with Crippen LogP contribution in [0.3, 0.4) is 0 Å². The molecule has 0 fully saturated rings. The number of aromatic amines is 1. The second kappa shape index (κ2) is 8.97. The number of carbonyl (C=O) groups excluding carboxylic acids is 2. The van der Waals surface area contributed by atoms with E-state index in [1.807, 2.05) is 0 Å². The number of nitrogens with two attached hydrogens (primary N) is 1. The van der Waals surface area contributed by atoms with Crippen LogP contribution in [-0.2, 0) is 4.79 Å². The van der Waals surface area contributed by atoms with Gasteiger partial charge in [-0.15, -0.1) is 0 Å². The number of imidazole rings is 1. The van der Waals surface area contributed by atoms with Gasteiger partial charge in [-0.25, -0.2) is 14.6 Å². The molecule has 154 valence electrons. The number of carboxylic acids is 1.